The smallest absolute Gasteiger partial charge is 0.319 e. The highest BCUT2D eigenvalue weighted by Gasteiger charge is 2.16. The molecular weight excluding hydrogens is 436 g/mol. The number of nitrogens with one attached hydrogen (secondary N) is 1. The van der Waals surface area contributed by atoms with E-state index in [2.05, 4.69) is 5.32 Å². The lowest BCUT2D eigenvalue weighted by Gasteiger charge is -2.25. The van der Waals surface area contributed by atoms with Crippen LogP contribution in [0.1, 0.15) is 15.9 Å². The molecule has 33 heavy (non-hydrogen) atoms. The molecule has 1 N–H and O–H groups in total. The topological polar surface area (TPSA) is 55.9 Å². The van der Waals surface area contributed by atoms with Gasteiger partial charge in [-0.15, -0.1) is 0 Å². The van der Waals surface area contributed by atoms with Gasteiger partial charge < -0.3 is 20.0 Å². The Morgan fingerprint density at radius 2 is 1.45 bits per heavy atom. The van der Waals surface area contributed by atoms with E-state index in [1.54, 1.807) is 53.2 Å². The number of carbonyl (C=O) groups excluding carboxylic acids is 2. The summed E-state index contributed by atoms with van der Waals surface area (Å²) in [6, 6.07) is 23.8. The average molecular weight is 465 g/mol. The molecule has 3 aromatic carbocycles. The highest BCUT2D eigenvalue weighted by molar-refractivity contribution is 6.30. The molecule has 3 amide bonds. The van der Waals surface area contributed by atoms with Crippen LogP contribution in [-0.4, -0.2) is 56.0 Å². The fraction of sp³-hybridized carbons (Fsp3) is 0.231. The van der Waals surface area contributed by atoms with Gasteiger partial charge in [0.1, 0.15) is 0 Å². The quantitative estimate of drug-likeness (QED) is 0.497. The molecule has 0 saturated carbocycles. The first-order valence-corrected chi connectivity index (χ1v) is 11.1. The molecule has 3 aromatic rings. The molecule has 0 aliphatic rings. The van der Waals surface area contributed by atoms with Crippen molar-refractivity contribution >= 4 is 34.9 Å². The first kappa shape index (κ1) is 24.3. The monoisotopic (exact) mass is 464 g/mol. The molecule has 172 valence electrons. The van der Waals surface area contributed by atoms with Crippen LogP contribution in [0.15, 0.2) is 78.9 Å². The maximum atomic E-state index is 13.0. The minimum atomic E-state index is -0.168. The minimum absolute atomic E-state index is 0.138. The van der Waals surface area contributed by atoms with Gasteiger partial charge in [0, 0.05) is 48.6 Å². The highest BCUT2D eigenvalue weighted by Crippen LogP contribution is 2.20. The molecule has 0 aliphatic heterocycles. The van der Waals surface area contributed by atoms with E-state index in [1.165, 1.54) is 0 Å². The normalized spacial score (nSPS) is 10.7. The van der Waals surface area contributed by atoms with Crippen LogP contribution in [0.2, 0.25) is 5.02 Å². The Balaban J connectivity index is 1.66. The van der Waals surface area contributed by atoms with Gasteiger partial charge in [-0.2, -0.15) is 0 Å². The lowest BCUT2D eigenvalue weighted by atomic mass is 10.2. The summed E-state index contributed by atoms with van der Waals surface area (Å²) in [5.74, 6) is -0.138. The first-order valence-electron chi connectivity index (χ1n) is 10.7. The van der Waals surface area contributed by atoms with Gasteiger partial charge in [-0.05, 0) is 68.2 Å². The van der Waals surface area contributed by atoms with Crippen molar-refractivity contribution in [1.29, 1.82) is 0 Å². The van der Waals surface area contributed by atoms with E-state index in [9.17, 15) is 9.59 Å². The van der Waals surface area contributed by atoms with Gasteiger partial charge in [-0.25, -0.2) is 4.79 Å². The minimum Gasteiger partial charge on any atom is -0.319 e. The molecule has 0 saturated heterocycles. The Bertz CT molecular complexity index is 1050. The van der Waals surface area contributed by atoms with Crippen LogP contribution in [0.5, 0.6) is 0 Å². The zero-order valence-electron chi connectivity index (χ0n) is 19.2. The van der Waals surface area contributed by atoms with E-state index < -0.39 is 0 Å². The van der Waals surface area contributed by atoms with Crippen LogP contribution in [0.25, 0.3) is 0 Å². The van der Waals surface area contributed by atoms with E-state index in [0.29, 0.717) is 29.4 Å². The summed E-state index contributed by atoms with van der Waals surface area (Å²) >= 11 is 5.91. The molecular formula is C26H29ClN4O2. The van der Waals surface area contributed by atoms with Crippen molar-refractivity contribution in [3.05, 3.63) is 95.0 Å². The maximum absolute atomic E-state index is 13.0. The number of amides is 3. The molecule has 0 radical (unpaired) electrons. The van der Waals surface area contributed by atoms with Crippen molar-refractivity contribution in [2.75, 3.05) is 44.4 Å². The zero-order valence-corrected chi connectivity index (χ0v) is 19.9. The van der Waals surface area contributed by atoms with Gasteiger partial charge in [-0.3, -0.25) is 4.79 Å². The molecule has 6 nitrogen and oxygen atoms in total. The van der Waals surface area contributed by atoms with Gasteiger partial charge in [0.2, 0.25) is 0 Å². The Kier molecular flexibility index (Phi) is 8.46. The number of hydrogen-bond acceptors (Lipinski definition) is 3. The molecule has 0 atom stereocenters. The first-order chi connectivity index (χ1) is 15.8. The Morgan fingerprint density at radius 1 is 0.818 bits per heavy atom. The lowest BCUT2D eigenvalue weighted by Crippen LogP contribution is -2.39. The summed E-state index contributed by atoms with van der Waals surface area (Å²) in [6.45, 7) is 1.89. The van der Waals surface area contributed by atoms with Crippen molar-refractivity contribution in [2.45, 2.75) is 6.54 Å². The summed E-state index contributed by atoms with van der Waals surface area (Å²) in [6.07, 6.45) is 0. The standard InChI is InChI=1S/C26H29ClN4O2/c1-29(2)17-18-31(19-20-7-5-4-6-8-20)26(33)28-23-13-15-24(16-14-23)30(3)25(32)21-9-11-22(27)12-10-21/h4-16H,17-19H2,1-3H3,(H,28,33). The van der Waals surface area contributed by atoms with Gasteiger partial charge in [-0.1, -0.05) is 41.9 Å². The number of rotatable bonds is 8. The summed E-state index contributed by atoms with van der Waals surface area (Å²) in [5.41, 5.74) is 3.02. The van der Waals surface area contributed by atoms with Gasteiger partial charge in [0.15, 0.2) is 0 Å². The Hall–Kier alpha value is -3.35. The van der Waals surface area contributed by atoms with Crippen molar-refractivity contribution in [2.24, 2.45) is 0 Å². The molecule has 7 heteroatoms. The van der Waals surface area contributed by atoms with Crippen LogP contribution in [0.3, 0.4) is 0 Å². The third-order valence-corrected chi connectivity index (χ3v) is 5.47. The van der Waals surface area contributed by atoms with Gasteiger partial charge >= 0.3 is 6.03 Å². The Morgan fingerprint density at radius 3 is 2.06 bits per heavy atom. The molecule has 0 heterocycles. The van der Waals surface area contributed by atoms with Crippen LogP contribution < -0.4 is 10.2 Å². The summed E-state index contributed by atoms with van der Waals surface area (Å²) in [5, 5.41) is 3.55. The summed E-state index contributed by atoms with van der Waals surface area (Å²) in [4.78, 5) is 31.1. The third kappa shape index (κ3) is 7.07. The predicted molar refractivity (Wildman–Crippen MR) is 135 cm³/mol. The number of likely N-dealkylation sites (N-methyl/N-ethyl adjacent to an activating group) is 1. The largest absolute Gasteiger partial charge is 0.322 e. The fourth-order valence-electron chi connectivity index (χ4n) is 3.25. The molecule has 0 aromatic heterocycles. The molecule has 0 spiro atoms. The number of nitrogens with zero attached hydrogens (tertiary/aromatic N) is 3. The maximum Gasteiger partial charge on any atom is 0.322 e. The van der Waals surface area contributed by atoms with Crippen LogP contribution in [0, 0.1) is 0 Å². The van der Waals surface area contributed by atoms with Gasteiger partial charge in [0.25, 0.3) is 5.91 Å². The molecule has 0 unspecified atom stereocenters. The van der Waals surface area contributed by atoms with E-state index in [4.69, 9.17) is 11.6 Å². The van der Waals surface area contributed by atoms with E-state index in [1.807, 2.05) is 61.5 Å². The number of hydrogen-bond donors (Lipinski definition) is 1. The molecule has 0 bridgehead atoms. The van der Waals surface area contributed by atoms with E-state index >= 15 is 0 Å². The third-order valence-electron chi connectivity index (χ3n) is 5.22. The number of benzene rings is 3. The average Bonchev–Trinajstić information content (AvgIpc) is 2.82. The number of urea groups is 1. The summed E-state index contributed by atoms with van der Waals surface area (Å²) in [7, 11) is 5.69. The van der Waals surface area contributed by atoms with Crippen molar-refractivity contribution in [3.63, 3.8) is 0 Å². The predicted octanol–water partition coefficient (Wildman–Crippen LogP) is 5.21. The molecule has 3 rings (SSSR count). The van der Waals surface area contributed by atoms with Crippen LogP contribution in [0.4, 0.5) is 16.2 Å². The van der Waals surface area contributed by atoms with Crippen LogP contribution in [-0.2, 0) is 6.54 Å². The fourth-order valence-corrected chi connectivity index (χ4v) is 3.38. The number of anilines is 2. The number of carbonyl (C=O) groups is 2. The van der Waals surface area contributed by atoms with Crippen molar-refractivity contribution < 1.29 is 9.59 Å². The zero-order chi connectivity index (χ0) is 23.8. The summed E-state index contributed by atoms with van der Waals surface area (Å²) < 4.78 is 0. The van der Waals surface area contributed by atoms with Gasteiger partial charge in [0.05, 0.1) is 0 Å². The second kappa shape index (κ2) is 11.5. The second-order valence-electron chi connectivity index (χ2n) is 8.06. The molecule has 0 fully saturated rings. The Labute approximate surface area is 200 Å². The van der Waals surface area contributed by atoms with Crippen molar-refractivity contribution in [3.8, 4) is 0 Å². The van der Waals surface area contributed by atoms with E-state index in [0.717, 1.165) is 17.8 Å². The molecule has 0 aliphatic carbocycles. The van der Waals surface area contributed by atoms with Crippen molar-refractivity contribution in [1.82, 2.24) is 9.80 Å². The number of halogens is 1. The lowest BCUT2D eigenvalue weighted by molar-refractivity contribution is 0.0993. The van der Waals surface area contributed by atoms with Crippen LogP contribution >= 0.6 is 11.6 Å². The second-order valence-corrected chi connectivity index (χ2v) is 8.49. The van der Waals surface area contributed by atoms with E-state index in [-0.39, 0.29) is 11.9 Å². The SMILES string of the molecule is CN(C)CCN(Cc1ccccc1)C(=O)Nc1ccc(N(C)C(=O)c2ccc(Cl)cc2)cc1. The highest BCUT2D eigenvalue weighted by atomic mass is 35.5.